The van der Waals surface area contributed by atoms with Gasteiger partial charge in [0.1, 0.15) is 5.41 Å². The van der Waals surface area contributed by atoms with E-state index < -0.39 is 0 Å². The molecule has 0 spiro atoms. The zero-order valence-electron chi connectivity index (χ0n) is 13.1. The van der Waals surface area contributed by atoms with Gasteiger partial charge in [0.2, 0.25) is 0 Å². The normalized spacial score (nSPS) is 22.8. The minimum atomic E-state index is -0.360. The summed E-state index contributed by atoms with van der Waals surface area (Å²) in [6.07, 6.45) is 1.85. The van der Waals surface area contributed by atoms with E-state index in [-0.39, 0.29) is 5.41 Å². The Morgan fingerprint density at radius 1 is 1.14 bits per heavy atom. The fourth-order valence-electron chi connectivity index (χ4n) is 3.28. The van der Waals surface area contributed by atoms with Crippen molar-refractivity contribution in [2.75, 3.05) is 26.8 Å². The van der Waals surface area contributed by atoms with Crippen LogP contribution in [0, 0.1) is 0 Å². The van der Waals surface area contributed by atoms with Crippen LogP contribution in [0.4, 0.5) is 0 Å². The summed E-state index contributed by atoms with van der Waals surface area (Å²) in [6.45, 7) is 4.78. The standard InChI is InChI=1S/C18H21N3S/c1-3-21-14-20(2)13-18(17(21)22,15-9-5-4-6-10-15)16-11-7-8-12-19-16/h4-12H,3,13-14H2,1-2H3. The molecule has 1 saturated heterocycles. The number of benzene rings is 1. The van der Waals surface area contributed by atoms with Gasteiger partial charge in [-0.2, -0.15) is 0 Å². The maximum atomic E-state index is 5.94. The molecular formula is C18H21N3S. The number of thiocarbonyl (C=S) groups is 1. The van der Waals surface area contributed by atoms with Gasteiger partial charge in [-0.1, -0.05) is 48.6 Å². The SMILES string of the molecule is CCN1CN(C)CC(c2ccccc2)(c2ccccn2)C1=S. The average Bonchev–Trinajstić information content (AvgIpc) is 2.58. The van der Waals surface area contributed by atoms with Crippen LogP contribution in [0.2, 0.25) is 0 Å². The molecule has 1 fully saturated rings. The molecular weight excluding hydrogens is 290 g/mol. The Bertz CT molecular complexity index is 602. The lowest BCUT2D eigenvalue weighted by atomic mass is 9.75. The van der Waals surface area contributed by atoms with E-state index in [2.05, 4.69) is 59.1 Å². The monoisotopic (exact) mass is 311 g/mol. The third-order valence-corrected chi connectivity index (χ3v) is 4.93. The lowest BCUT2D eigenvalue weighted by Gasteiger charge is -2.48. The fourth-order valence-corrected chi connectivity index (χ4v) is 3.76. The van der Waals surface area contributed by atoms with Crippen molar-refractivity contribution in [3.05, 3.63) is 66.0 Å². The molecule has 1 aliphatic heterocycles. The molecule has 1 unspecified atom stereocenters. The summed E-state index contributed by atoms with van der Waals surface area (Å²) in [7, 11) is 2.14. The zero-order valence-corrected chi connectivity index (χ0v) is 13.9. The molecule has 1 atom stereocenters. The van der Waals surface area contributed by atoms with E-state index in [4.69, 9.17) is 12.2 Å². The number of likely N-dealkylation sites (N-methyl/N-ethyl adjacent to an activating group) is 2. The molecule has 0 aliphatic carbocycles. The molecule has 3 nitrogen and oxygen atoms in total. The van der Waals surface area contributed by atoms with Crippen molar-refractivity contribution < 1.29 is 0 Å². The van der Waals surface area contributed by atoms with Crippen molar-refractivity contribution in [3.8, 4) is 0 Å². The molecule has 1 aliphatic rings. The maximum absolute atomic E-state index is 5.94. The van der Waals surface area contributed by atoms with Crippen LogP contribution in [0.5, 0.6) is 0 Å². The van der Waals surface area contributed by atoms with Crippen LogP contribution in [0.15, 0.2) is 54.7 Å². The van der Waals surface area contributed by atoms with Crippen molar-refractivity contribution in [3.63, 3.8) is 0 Å². The van der Waals surface area contributed by atoms with E-state index in [0.717, 1.165) is 30.4 Å². The van der Waals surface area contributed by atoms with Crippen molar-refractivity contribution >= 4 is 17.2 Å². The molecule has 114 valence electrons. The molecule has 0 amide bonds. The summed E-state index contributed by atoms with van der Waals surface area (Å²) in [5.74, 6) is 0. The molecule has 1 aromatic heterocycles. The van der Waals surface area contributed by atoms with E-state index >= 15 is 0 Å². The third-order valence-electron chi connectivity index (χ3n) is 4.32. The fraction of sp³-hybridized carbons (Fsp3) is 0.333. The summed E-state index contributed by atoms with van der Waals surface area (Å²) in [5, 5.41) is 0. The highest BCUT2D eigenvalue weighted by molar-refractivity contribution is 7.80. The first kappa shape index (κ1) is 15.1. The molecule has 4 heteroatoms. The van der Waals surface area contributed by atoms with Gasteiger partial charge in [-0.05, 0) is 31.7 Å². The molecule has 0 saturated carbocycles. The van der Waals surface area contributed by atoms with E-state index in [9.17, 15) is 0 Å². The summed E-state index contributed by atoms with van der Waals surface area (Å²) in [6, 6.07) is 16.6. The van der Waals surface area contributed by atoms with Crippen LogP contribution in [0.3, 0.4) is 0 Å². The van der Waals surface area contributed by atoms with Gasteiger partial charge in [0.15, 0.2) is 0 Å². The first-order valence-electron chi connectivity index (χ1n) is 7.63. The highest BCUT2D eigenvalue weighted by atomic mass is 32.1. The quantitative estimate of drug-likeness (QED) is 0.812. The van der Waals surface area contributed by atoms with Crippen LogP contribution in [0.25, 0.3) is 0 Å². The van der Waals surface area contributed by atoms with E-state index in [0.29, 0.717) is 0 Å². The smallest absolute Gasteiger partial charge is 0.100 e. The van der Waals surface area contributed by atoms with Crippen LogP contribution in [-0.2, 0) is 5.41 Å². The lowest BCUT2D eigenvalue weighted by molar-refractivity contribution is 0.170. The molecule has 1 aromatic carbocycles. The van der Waals surface area contributed by atoms with Gasteiger partial charge in [0.05, 0.1) is 17.4 Å². The van der Waals surface area contributed by atoms with Gasteiger partial charge in [0, 0.05) is 19.3 Å². The van der Waals surface area contributed by atoms with Gasteiger partial charge in [-0.3, -0.25) is 9.88 Å². The Labute approximate surface area is 137 Å². The van der Waals surface area contributed by atoms with E-state index in [1.54, 1.807) is 0 Å². The van der Waals surface area contributed by atoms with Gasteiger partial charge in [-0.15, -0.1) is 0 Å². The van der Waals surface area contributed by atoms with E-state index in [1.807, 2.05) is 24.4 Å². The predicted octanol–water partition coefficient (Wildman–Crippen LogP) is 2.92. The van der Waals surface area contributed by atoms with Gasteiger partial charge >= 0.3 is 0 Å². The van der Waals surface area contributed by atoms with Gasteiger partial charge in [-0.25, -0.2) is 0 Å². The van der Waals surface area contributed by atoms with Crippen LogP contribution >= 0.6 is 12.2 Å². The number of pyridine rings is 1. The van der Waals surface area contributed by atoms with E-state index in [1.165, 1.54) is 5.56 Å². The number of nitrogens with zero attached hydrogens (tertiary/aromatic N) is 3. The predicted molar refractivity (Wildman–Crippen MR) is 93.9 cm³/mol. The maximum Gasteiger partial charge on any atom is 0.100 e. The largest absolute Gasteiger partial charge is 0.352 e. The number of hydrogen-bond donors (Lipinski definition) is 0. The Hall–Kier alpha value is -1.78. The Morgan fingerprint density at radius 2 is 1.86 bits per heavy atom. The molecule has 0 N–H and O–H groups in total. The van der Waals surface area contributed by atoms with Crippen molar-refractivity contribution in [2.24, 2.45) is 0 Å². The van der Waals surface area contributed by atoms with Crippen molar-refractivity contribution in [1.82, 2.24) is 14.8 Å². The second-order valence-corrected chi connectivity index (χ2v) is 6.19. The Kier molecular flexibility index (Phi) is 4.23. The number of aromatic nitrogens is 1. The van der Waals surface area contributed by atoms with Gasteiger partial charge < -0.3 is 4.90 Å². The van der Waals surface area contributed by atoms with Crippen LogP contribution < -0.4 is 0 Å². The first-order chi connectivity index (χ1) is 10.7. The lowest BCUT2D eigenvalue weighted by Crippen LogP contribution is -2.60. The second-order valence-electron chi connectivity index (χ2n) is 5.80. The van der Waals surface area contributed by atoms with Crippen molar-refractivity contribution in [1.29, 1.82) is 0 Å². The van der Waals surface area contributed by atoms with Gasteiger partial charge in [0.25, 0.3) is 0 Å². The Balaban J connectivity index is 2.21. The molecule has 3 rings (SSSR count). The molecule has 0 radical (unpaired) electrons. The number of hydrogen-bond acceptors (Lipinski definition) is 3. The summed E-state index contributed by atoms with van der Waals surface area (Å²) < 4.78 is 0. The highest BCUT2D eigenvalue weighted by Crippen LogP contribution is 2.37. The topological polar surface area (TPSA) is 19.4 Å². The number of rotatable bonds is 3. The molecule has 22 heavy (non-hydrogen) atoms. The second kappa shape index (κ2) is 6.15. The molecule has 2 aromatic rings. The molecule has 0 bridgehead atoms. The first-order valence-corrected chi connectivity index (χ1v) is 8.04. The average molecular weight is 311 g/mol. The minimum absolute atomic E-state index is 0.360. The summed E-state index contributed by atoms with van der Waals surface area (Å²) in [4.78, 5) is 10.2. The summed E-state index contributed by atoms with van der Waals surface area (Å²) in [5.41, 5.74) is 1.88. The van der Waals surface area contributed by atoms with Crippen LogP contribution in [-0.4, -0.2) is 46.6 Å². The zero-order chi connectivity index (χ0) is 15.6. The highest BCUT2D eigenvalue weighted by Gasteiger charge is 2.46. The Morgan fingerprint density at radius 3 is 2.50 bits per heavy atom. The summed E-state index contributed by atoms with van der Waals surface area (Å²) >= 11 is 5.94. The van der Waals surface area contributed by atoms with Crippen molar-refractivity contribution in [2.45, 2.75) is 12.3 Å². The van der Waals surface area contributed by atoms with Crippen LogP contribution in [0.1, 0.15) is 18.2 Å². The molecule has 2 heterocycles. The minimum Gasteiger partial charge on any atom is -0.352 e. The third kappa shape index (κ3) is 2.42.